The molecule has 0 heterocycles. The Morgan fingerprint density at radius 1 is 1.22 bits per heavy atom. The van der Waals surface area contributed by atoms with E-state index in [-0.39, 0.29) is 11.5 Å². The molecule has 0 unspecified atom stereocenters. The molecular formula is C6H5BrO2. The summed E-state index contributed by atoms with van der Waals surface area (Å²) < 4.78 is 0.584. The molecule has 48 valence electrons. The van der Waals surface area contributed by atoms with Crippen molar-refractivity contribution in [1.82, 2.24) is 0 Å². The van der Waals surface area contributed by atoms with Crippen LogP contribution >= 0.6 is 15.9 Å². The number of hydrogen-bond donors (Lipinski definition) is 2. The fourth-order valence-electron chi connectivity index (χ4n) is 0.501. The molecule has 3 heteroatoms. The van der Waals surface area contributed by atoms with Gasteiger partial charge in [0.05, 0.1) is 4.47 Å². The normalized spacial score (nSPS) is 9.44. The Bertz CT molecular complexity index is 222. The van der Waals surface area contributed by atoms with E-state index in [1.54, 1.807) is 6.07 Å². The third-order valence-electron chi connectivity index (χ3n) is 0.930. The van der Waals surface area contributed by atoms with Crippen LogP contribution in [0.1, 0.15) is 0 Å². The molecule has 0 radical (unpaired) electrons. The number of phenolic OH excluding ortho intramolecular Hbond substituents is 2. The molecule has 1 rings (SSSR count). The van der Waals surface area contributed by atoms with Gasteiger partial charge >= 0.3 is 0 Å². The second-order valence-corrected chi connectivity index (χ2v) is 2.49. The molecule has 0 saturated heterocycles. The largest absolute Gasteiger partial charge is 0.508 e. The van der Waals surface area contributed by atoms with Gasteiger partial charge in [0, 0.05) is 6.07 Å². The molecule has 0 atom stereocenters. The quantitative estimate of drug-likeness (QED) is 0.653. The predicted octanol–water partition coefficient (Wildman–Crippen LogP) is 1.86. The zero-order valence-electron chi connectivity index (χ0n) is 4.50. The minimum atomic E-state index is 0.0509. The maximum absolute atomic E-state index is 8.89. The van der Waals surface area contributed by atoms with Gasteiger partial charge in [-0.15, -0.1) is 0 Å². The van der Waals surface area contributed by atoms with Gasteiger partial charge in [-0.2, -0.15) is 0 Å². The van der Waals surface area contributed by atoms with Crippen molar-refractivity contribution in [3.05, 3.63) is 22.7 Å². The SMILES string of the molecule is Oc1ccc(Br)c(O)c1. The van der Waals surface area contributed by atoms with Gasteiger partial charge in [-0.25, -0.2) is 0 Å². The summed E-state index contributed by atoms with van der Waals surface area (Å²) in [7, 11) is 0. The predicted molar refractivity (Wildman–Crippen MR) is 37.5 cm³/mol. The maximum atomic E-state index is 8.89. The van der Waals surface area contributed by atoms with Crippen LogP contribution in [-0.2, 0) is 0 Å². The molecule has 0 aliphatic carbocycles. The summed E-state index contributed by atoms with van der Waals surface area (Å²) in [6.07, 6.45) is 0. The highest BCUT2D eigenvalue weighted by atomic mass is 79.9. The molecule has 0 aliphatic rings. The molecule has 9 heavy (non-hydrogen) atoms. The van der Waals surface area contributed by atoms with Crippen molar-refractivity contribution in [2.45, 2.75) is 0 Å². The highest BCUT2D eigenvalue weighted by Crippen LogP contribution is 2.26. The first-order valence-electron chi connectivity index (χ1n) is 2.37. The van der Waals surface area contributed by atoms with E-state index in [9.17, 15) is 0 Å². The van der Waals surface area contributed by atoms with Crippen molar-refractivity contribution in [1.29, 1.82) is 0 Å². The van der Waals surface area contributed by atoms with Crippen LogP contribution in [0.25, 0.3) is 0 Å². The van der Waals surface area contributed by atoms with Gasteiger partial charge in [0.1, 0.15) is 11.5 Å². The topological polar surface area (TPSA) is 40.5 Å². The maximum Gasteiger partial charge on any atom is 0.133 e. The molecular weight excluding hydrogens is 184 g/mol. The number of phenols is 2. The van der Waals surface area contributed by atoms with Crippen molar-refractivity contribution >= 4 is 15.9 Å². The average molecular weight is 189 g/mol. The van der Waals surface area contributed by atoms with Crippen LogP contribution in [0, 0.1) is 0 Å². The summed E-state index contributed by atoms with van der Waals surface area (Å²) in [6.45, 7) is 0. The lowest BCUT2D eigenvalue weighted by Gasteiger charge is -1.94. The Kier molecular flexibility index (Phi) is 1.62. The molecule has 0 spiro atoms. The minimum absolute atomic E-state index is 0.0509. The number of aromatic hydroxyl groups is 2. The van der Waals surface area contributed by atoms with Crippen molar-refractivity contribution < 1.29 is 10.2 Å². The average Bonchev–Trinajstić information content (AvgIpc) is 1.80. The van der Waals surface area contributed by atoms with Crippen molar-refractivity contribution in [3.8, 4) is 11.5 Å². The Morgan fingerprint density at radius 3 is 2.33 bits per heavy atom. The van der Waals surface area contributed by atoms with Crippen LogP contribution in [0.2, 0.25) is 0 Å². The highest BCUT2D eigenvalue weighted by molar-refractivity contribution is 9.10. The summed E-state index contributed by atoms with van der Waals surface area (Å²) >= 11 is 3.07. The highest BCUT2D eigenvalue weighted by Gasteiger charge is 1.95. The molecule has 2 nitrogen and oxygen atoms in total. The fraction of sp³-hybridized carbons (Fsp3) is 0. The standard InChI is InChI=1S/C6H5BrO2/c7-5-2-1-4(8)3-6(5)9/h1-3,8-9H. The summed E-state index contributed by atoms with van der Waals surface area (Å²) in [4.78, 5) is 0. The van der Waals surface area contributed by atoms with E-state index >= 15 is 0 Å². The van der Waals surface area contributed by atoms with Gasteiger partial charge in [0.25, 0.3) is 0 Å². The summed E-state index contributed by atoms with van der Waals surface area (Å²) in [5.74, 6) is 0.116. The van der Waals surface area contributed by atoms with Crippen LogP contribution in [0.5, 0.6) is 11.5 Å². The summed E-state index contributed by atoms with van der Waals surface area (Å²) in [6, 6.07) is 4.33. The molecule has 1 aromatic carbocycles. The molecule has 0 amide bonds. The fourth-order valence-corrected chi connectivity index (χ4v) is 0.748. The third kappa shape index (κ3) is 1.36. The molecule has 0 bridgehead atoms. The van der Waals surface area contributed by atoms with E-state index in [0.29, 0.717) is 4.47 Å². The van der Waals surface area contributed by atoms with Crippen LogP contribution in [0.4, 0.5) is 0 Å². The lowest BCUT2D eigenvalue weighted by atomic mass is 10.3. The van der Waals surface area contributed by atoms with Gasteiger partial charge in [0.15, 0.2) is 0 Å². The summed E-state index contributed by atoms with van der Waals surface area (Å²) in [5, 5.41) is 17.6. The smallest absolute Gasteiger partial charge is 0.133 e. The van der Waals surface area contributed by atoms with Crippen LogP contribution in [0.3, 0.4) is 0 Å². The van der Waals surface area contributed by atoms with E-state index in [2.05, 4.69) is 15.9 Å². The van der Waals surface area contributed by atoms with Gasteiger partial charge in [0.2, 0.25) is 0 Å². The van der Waals surface area contributed by atoms with Crippen molar-refractivity contribution in [3.63, 3.8) is 0 Å². The molecule has 0 aromatic heterocycles. The zero-order chi connectivity index (χ0) is 6.85. The lowest BCUT2D eigenvalue weighted by molar-refractivity contribution is 0.448. The van der Waals surface area contributed by atoms with Gasteiger partial charge in [-0.3, -0.25) is 0 Å². The first-order chi connectivity index (χ1) is 4.20. The molecule has 0 saturated carbocycles. The van der Waals surface area contributed by atoms with E-state index in [1.807, 2.05) is 0 Å². The van der Waals surface area contributed by atoms with E-state index in [1.165, 1.54) is 12.1 Å². The minimum Gasteiger partial charge on any atom is -0.508 e. The van der Waals surface area contributed by atoms with Crippen molar-refractivity contribution in [2.24, 2.45) is 0 Å². The molecule has 0 fully saturated rings. The van der Waals surface area contributed by atoms with Gasteiger partial charge in [-0.1, -0.05) is 0 Å². The van der Waals surface area contributed by atoms with E-state index < -0.39 is 0 Å². The van der Waals surface area contributed by atoms with Gasteiger partial charge < -0.3 is 10.2 Å². The first kappa shape index (κ1) is 6.42. The van der Waals surface area contributed by atoms with E-state index in [0.717, 1.165) is 0 Å². The molecule has 0 aliphatic heterocycles. The number of rotatable bonds is 0. The lowest BCUT2D eigenvalue weighted by Crippen LogP contribution is -1.66. The monoisotopic (exact) mass is 188 g/mol. The van der Waals surface area contributed by atoms with Gasteiger partial charge in [-0.05, 0) is 28.1 Å². The Hall–Kier alpha value is -0.700. The number of hydrogen-bond acceptors (Lipinski definition) is 2. The Labute approximate surface area is 60.9 Å². The second-order valence-electron chi connectivity index (χ2n) is 1.64. The van der Waals surface area contributed by atoms with Crippen LogP contribution in [0.15, 0.2) is 22.7 Å². The molecule has 1 aromatic rings. The summed E-state index contributed by atoms with van der Waals surface area (Å²) in [5.41, 5.74) is 0. The number of halogens is 1. The second kappa shape index (κ2) is 2.27. The Balaban J connectivity index is 3.17. The van der Waals surface area contributed by atoms with Crippen molar-refractivity contribution in [2.75, 3.05) is 0 Å². The first-order valence-corrected chi connectivity index (χ1v) is 3.17. The third-order valence-corrected chi connectivity index (χ3v) is 1.60. The number of benzene rings is 1. The zero-order valence-corrected chi connectivity index (χ0v) is 6.09. The van der Waals surface area contributed by atoms with Crippen LogP contribution in [-0.4, -0.2) is 10.2 Å². The molecule has 2 N–H and O–H groups in total. The van der Waals surface area contributed by atoms with E-state index in [4.69, 9.17) is 10.2 Å². The van der Waals surface area contributed by atoms with Crippen LogP contribution < -0.4 is 0 Å². The Morgan fingerprint density at radius 2 is 1.89 bits per heavy atom.